The van der Waals surface area contributed by atoms with Crippen molar-refractivity contribution in [3.63, 3.8) is 0 Å². The van der Waals surface area contributed by atoms with Gasteiger partial charge in [-0.2, -0.15) is 0 Å². The van der Waals surface area contributed by atoms with Gasteiger partial charge in [-0.25, -0.2) is 0 Å². The summed E-state index contributed by atoms with van der Waals surface area (Å²) in [4.78, 5) is 11.7. The van der Waals surface area contributed by atoms with Crippen LogP contribution < -0.4 is 5.32 Å². The van der Waals surface area contributed by atoms with Crippen LogP contribution in [0.15, 0.2) is 0 Å². The zero-order valence-electron chi connectivity index (χ0n) is 10.6. The highest BCUT2D eigenvalue weighted by Gasteiger charge is 2.26. The molecule has 1 unspecified atom stereocenters. The summed E-state index contributed by atoms with van der Waals surface area (Å²) in [6.45, 7) is 10.0. The normalized spacial score (nSPS) is 15.9. The Balaban J connectivity index is 4.25. The quantitative estimate of drug-likeness (QED) is 0.736. The van der Waals surface area contributed by atoms with Gasteiger partial charge in [0.2, 0.25) is 5.91 Å². The first-order valence-electron chi connectivity index (χ1n) is 5.74. The fourth-order valence-electron chi connectivity index (χ4n) is 1.41. The average Bonchev–Trinajstić information content (AvgIpc) is 2.12. The number of nitrogens with one attached hydrogen (secondary N) is 1. The van der Waals surface area contributed by atoms with Crippen LogP contribution in [0.25, 0.3) is 0 Å². The molecule has 0 spiro atoms. The first kappa shape index (κ1) is 14.4. The first-order valence-corrected chi connectivity index (χ1v) is 5.74. The number of aliphatic hydroxyl groups is 1. The Hall–Kier alpha value is -0.570. The van der Waals surface area contributed by atoms with E-state index >= 15 is 0 Å². The van der Waals surface area contributed by atoms with Crippen LogP contribution in [0, 0.1) is 11.3 Å². The Bertz CT molecular complexity index is 196. The molecule has 0 radical (unpaired) electrons. The van der Waals surface area contributed by atoms with Crippen LogP contribution in [-0.4, -0.2) is 23.7 Å². The molecule has 0 aliphatic carbocycles. The number of amides is 1. The lowest BCUT2D eigenvalue weighted by Crippen LogP contribution is -2.47. The number of hydrogen-bond donors (Lipinski definition) is 2. The van der Waals surface area contributed by atoms with Crippen LogP contribution in [0.3, 0.4) is 0 Å². The monoisotopic (exact) mass is 215 g/mol. The lowest BCUT2D eigenvalue weighted by atomic mass is 9.87. The molecule has 0 aliphatic rings. The van der Waals surface area contributed by atoms with E-state index in [0.29, 0.717) is 0 Å². The van der Waals surface area contributed by atoms with Crippen LogP contribution in [-0.2, 0) is 4.79 Å². The van der Waals surface area contributed by atoms with Crippen molar-refractivity contribution in [2.75, 3.05) is 6.61 Å². The first-order chi connectivity index (χ1) is 6.82. The van der Waals surface area contributed by atoms with Gasteiger partial charge >= 0.3 is 0 Å². The predicted molar refractivity (Wildman–Crippen MR) is 62.5 cm³/mol. The summed E-state index contributed by atoms with van der Waals surface area (Å²) in [5.74, 6) is 0.0808. The molecule has 3 nitrogen and oxygen atoms in total. The second-order valence-corrected chi connectivity index (χ2v) is 5.30. The fraction of sp³-hybridized carbons (Fsp3) is 0.917. The van der Waals surface area contributed by atoms with Gasteiger partial charge in [-0.3, -0.25) is 4.79 Å². The third-order valence-electron chi connectivity index (χ3n) is 2.71. The molecule has 1 amide bonds. The van der Waals surface area contributed by atoms with Crippen molar-refractivity contribution < 1.29 is 9.90 Å². The van der Waals surface area contributed by atoms with Crippen LogP contribution >= 0.6 is 0 Å². The lowest BCUT2D eigenvalue weighted by Gasteiger charge is -2.30. The third-order valence-corrected chi connectivity index (χ3v) is 2.71. The van der Waals surface area contributed by atoms with E-state index in [4.69, 9.17) is 0 Å². The summed E-state index contributed by atoms with van der Waals surface area (Å²) < 4.78 is 0. The van der Waals surface area contributed by atoms with Crippen molar-refractivity contribution in [2.45, 2.75) is 53.5 Å². The Kier molecular flexibility index (Phi) is 5.88. The molecule has 0 saturated carbocycles. The lowest BCUT2D eigenvalue weighted by molar-refractivity contribution is -0.126. The summed E-state index contributed by atoms with van der Waals surface area (Å²) in [6.07, 6.45) is 1.90. The van der Waals surface area contributed by atoms with E-state index in [2.05, 4.69) is 12.2 Å². The highest BCUT2D eigenvalue weighted by molar-refractivity contribution is 5.78. The molecule has 3 heteroatoms. The number of carbonyl (C=O) groups excluding carboxylic acids is 1. The van der Waals surface area contributed by atoms with Gasteiger partial charge in [-0.05, 0) is 11.8 Å². The largest absolute Gasteiger partial charge is 0.394 e. The minimum Gasteiger partial charge on any atom is -0.394 e. The maximum atomic E-state index is 11.7. The van der Waals surface area contributed by atoms with E-state index in [-0.39, 0.29) is 29.9 Å². The maximum Gasteiger partial charge on any atom is 0.223 e. The molecule has 90 valence electrons. The van der Waals surface area contributed by atoms with Crippen molar-refractivity contribution in [1.29, 1.82) is 0 Å². The van der Waals surface area contributed by atoms with Crippen LogP contribution in [0.4, 0.5) is 0 Å². The molecule has 0 bridgehead atoms. The average molecular weight is 215 g/mol. The molecule has 2 N–H and O–H groups in total. The van der Waals surface area contributed by atoms with Gasteiger partial charge < -0.3 is 10.4 Å². The molecule has 0 aliphatic heterocycles. The fourth-order valence-corrected chi connectivity index (χ4v) is 1.41. The second-order valence-electron chi connectivity index (χ2n) is 5.30. The van der Waals surface area contributed by atoms with Crippen molar-refractivity contribution in [3.8, 4) is 0 Å². The molecule has 2 atom stereocenters. The molecule has 0 aromatic heterocycles. The number of rotatable bonds is 5. The zero-order valence-corrected chi connectivity index (χ0v) is 10.6. The molecule has 0 fully saturated rings. The Labute approximate surface area is 93.3 Å². The molecule has 0 aromatic rings. The molecular weight excluding hydrogens is 190 g/mol. The third kappa shape index (κ3) is 5.17. The van der Waals surface area contributed by atoms with E-state index in [1.807, 2.05) is 27.7 Å². The molecule has 0 saturated heterocycles. The van der Waals surface area contributed by atoms with Crippen molar-refractivity contribution >= 4 is 5.91 Å². The molecule has 0 aromatic carbocycles. The van der Waals surface area contributed by atoms with Gasteiger partial charge in [0.1, 0.15) is 0 Å². The minimum absolute atomic E-state index is 0.00587. The standard InChI is InChI=1S/C12H25NO2/c1-6-7-9(2)11(15)13-10(8-14)12(3,4)5/h9-10,14H,6-8H2,1-5H3,(H,13,15)/t9?,10-/m0/s1. The van der Waals surface area contributed by atoms with Crippen LogP contribution in [0.2, 0.25) is 0 Å². The van der Waals surface area contributed by atoms with E-state index in [1.54, 1.807) is 0 Å². The van der Waals surface area contributed by atoms with Gasteiger partial charge in [0, 0.05) is 5.92 Å². The van der Waals surface area contributed by atoms with E-state index < -0.39 is 0 Å². The van der Waals surface area contributed by atoms with Gasteiger partial charge in [-0.1, -0.05) is 41.0 Å². The Morgan fingerprint density at radius 3 is 2.27 bits per heavy atom. The number of carbonyl (C=O) groups is 1. The summed E-state index contributed by atoms with van der Waals surface area (Å²) >= 11 is 0. The molecule has 15 heavy (non-hydrogen) atoms. The zero-order chi connectivity index (χ0) is 12.1. The van der Waals surface area contributed by atoms with E-state index in [9.17, 15) is 9.90 Å². The summed E-state index contributed by atoms with van der Waals surface area (Å²) in [7, 11) is 0. The minimum atomic E-state index is -0.163. The number of aliphatic hydroxyl groups excluding tert-OH is 1. The topological polar surface area (TPSA) is 49.3 Å². The summed E-state index contributed by atoms with van der Waals surface area (Å²) in [6, 6.07) is -0.163. The van der Waals surface area contributed by atoms with E-state index in [1.165, 1.54) is 0 Å². The van der Waals surface area contributed by atoms with Crippen molar-refractivity contribution in [2.24, 2.45) is 11.3 Å². The van der Waals surface area contributed by atoms with E-state index in [0.717, 1.165) is 12.8 Å². The summed E-state index contributed by atoms with van der Waals surface area (Å²) in [5.41, 5.74) is -0.101. The Morgan fingerprint density at radius 1 is 1.40 bits per heavy atom. The highest BCUT2D eigenvalue weighted by atomic mass is 16.3. The van der Waals surface area contributed by atoms with Gasteiger partial charge in [0.25, 0.3) is 0 Å². The van der Waals surface area contributed by atoms with Gasteiger partial charge in [-0.15, -0.1) is 0 Å². The molecule has 0 heterocycles. The SMILES string of the molecule is CCCC(C)C(=O)N[C@@H](CO)C(C)(C)C. The molecular formula is C12H25NO2. The van der Waals surface area contributed by atoms with Crippen molar-refractivity contribution in [3.05, 3.63) is 0 Å². The van der Waals surface area contributed by atoms with Gasteiger partial charge in [0.15, 0.2) is 0 Å². The van der Waals surface area contributed by atoms with Crippen LogP contribution in [0.5, 0.6) is 0 Å². The predicted octanol–water partition coefficient (Wildman–Crippen LogP) is 1.95. The molecule has 0 rings (SSSR count). The maximum absolute atomic E-state index is 11.7. The van der Waals surface area contributed by atoms with Gasteiger partial charge in [0.05, 0.1) is 12.6 Å². The van der Waals surface area contributed by atoms with Crippen molar-refractivity contribution in [1.82, 2.24) is 5.32 Å². The number of hydrogen-bond acceptors (Lipinski definition) is 2. The summed E-state index contributed by atoms with van der Waals surface area (Å²) in [5, 5.41) is 12.1. The smallest absolute Gasteiger partial charge is 0.223 e. The van der Waals surface area contributed by atoms with Crippen LogP contribution in [0.1, 0.15) is 47.5 Å². The highest BCUT2D eigenvalue weighted by Crippen LogP contribution is 2.19. The second kappa shape index (κ2) is 6.11. The Morgan fingerprint density at radius 2 is 1.93 bits per heavy atom.